The van der Waals surface area contributed by atoms with Gasteiger partial charge in [0.05, 0.1) is 12.2 Å². The SMILES string of the molecule is COCCN1CCC[C@H](CCc2cccc(C(F)(F)F)c2)C1. The zero-order valence-electron chi connectivity index (χ0n) is 13.0. The molecule has 0 saturated carbocycles. The fourth-order valence-corrected chi connectivity index (χ4v) is 3.08. The number of benzene rings is 1. The van der Waals surface area contributed by atoms with Gasteiger partial charge in [0.25, 0.3) is 0 Å². The van der Waals surface area contributed by atoms with E-state index in [1.165, 1.54) is 18.6 Å². The van der Waals surface area contributed by atoms with Crippen molar-refractivity contribution in [3.05, 3.63) is 35.4 Å². The Labute approximate surface area is 130 Å². The Hall–Kier alpha value is -1.07. The molecule has 22 heavy (non-hydrogen) atoms. The molecule has 0 bridgehead atoms. The minimum Gasteiger partial charge on any atom is -0.383 e. The topological polar surface area (TPSA) is 12.5 Å². The Morgan fingerprint density at radius 3 is 2.86 bits per heavy atom. The van der Waals surface area contributed by atoms with Crippen LogP contribution in [0.4, 0.5) is 13.2 Å². The Bertz CT molecular complexity index is 461. The van der Waals surface area contributed by atoms with E-state index in [0.717, 1.165) is 50.7 Å². The van der Waals surface area contributed by atoms with E-state index in [9.17, 15) is 13.2 Å². The molecular formula is C17H24F3NO. The van der Waals surface area contributed by atoms with E-state index < -0.39 is 11.7 Å². The number of likely N-dealkylation sites (tertiary alicyclic amines) is 1. The van der Waals surface area contributed by atoms with Crippen molar-refractivity contribution in [1.82, 2.24) is 4.90 Å². The molecular weight excluding hydrogens is 291 g/mol. The number of aryl methyl sites for hydroxylation is 1. The largest absolute Gasteiger partial charge is 0.416 e. The van der Waals surface area contributed by atoms with Crippen LogP contribution in [0.5, 0.6) is 0 Å². The van der Waals surface area contributed by atoms with Gasteiger partial charge >= 0.3 is 6.18 Å². The zero-order valence-corrected chi connectivity index (χ0v) is 13.0. The molecule has 1 aromatic rings. The average molecular weight is 315 g/mol. The van der Waals surface area contributed by atoms with Gasteiger partial charge in [0, 0.05) is 20.2 Å². The van der Waals surface area contributed by atoms with E-state index in [2.05, 4.69) is 4.90 Å². The number of hydrogen-bond donors (Lipinski definition) is 0. The third-order valence-corrected chi connectivity index (χ3v) is 4.31. The van der Waals surface area contributed by atoms with Crippen molar-refractivity contribution >= 4 is 0 Å². The van der Waals surface area contributed by atoms with Crippen LogP contribution in [0, 0.1) is 5.92 Å². The highest BCUT2D eigenvalue weighted by Crippen LogP contribution is 2.30. The third kappa shape index (κ3) is 5.29. The number of piperidine rings is 1. The Kier molecular flexibility index (Phi) is 6.26. The lowest BCUT2D eigenvalue weighted by Crippen LogP contribution is -2.37. The van der Waals surface area contributed by atoms with Gasteiger partial charge in [-0.25, -0.2) is 0 Å². The quantitative estimate of drug-likeness (QED) is 0.787. The molecule has 1 atom stereocenters. The first-order valence-electron chi connectivity index (χ1n) is 7.86. The number of rotatable bonds is 6. The van der Waals surface area contributed by atoms with E-state index in [0.29, 0.717) is 12.3 Å². The first kappa shape index (κ1) is 17.3. The van der Waals surface area contributed by atoms with E-state index in [1.54, 1.807) is 13.2 Å². The van der Waals surface area contributed by atoms with Crippen LogP contribution in [0.1, 0.15) is 30.4 Å². The van der Waals surface area contributed by atoms with E-state index in [4.69, 9.17) is 4.74 Å². The minimum absolute atomic E-state index is 0.546. The Balaban J connectivity index is 1.85. The molecule has 2 rings (SSSR count). The second-order valence-corrected chi connectivity index (χ2v) is 6.04. The highest BCUT2D eigenvalue weighted by molar-refractivity contribution is 5.25. The van der Waals surface area contributed by atoms with Crippen LogP contribution >= 0.6 is 0 Å². The molecule has 0 aliphatic carbocycles. The summed E-state index contributed by atoms with van der Waals surface area (Å²) in [7, 11) is 1.70. The fraction of sp³-hybridized carbons (Fsp3) is 0.647. The van der Waals surface area contributed by atoms with Crippen LogP contribution in [0.2, 0.25) is 0 Å². The van der Waals surface area contributed by atoms with Crippen LogP contribution in [0.15, 0.2) is 24.3 Å². The summed E-state index contributed by atoms with van der Waals surface area (Å²) in [5, 5.41) is 0. The van der Waals surface area contributed by atoms with Crippen molar-refractivity contribution in [1.29, 1.82) is 0 Å². The maximum Gasteiger partial charge on any atom is 0.416 e. The molecule has 1 saturated heterocycles. The van der Waals surface area contributed by atoms with Crippen LogP contribution in [0.3, 0.4) is 0 Å². The molecule has 1 fully saturated rings. The monoisotopic (exact) mass is 315 g/mol. The molecule has 0 spiro atoms. The molecule has 5 heteroatoms. The smallest absolute Gasteiger partial charge is 0.383 e. The van der Waals surface area contributed by atoms with Gasteiger partial charge in [-0.2, -0.15) is 13.2 Å². The average Bonchev–Trinajstić information content (AvgIpc) is 2.51. The fourth-order valence-electron chi connectivity index (χ4n) is 3.08. The van der Waals surface area contributed by atoms with Crippen molar-refractivity contribution in [3.63, 3.8) is 0 Å². The second kappa shape index (κ2) is 7.97. The summed E-state index contributed by atoms with van der Waals surface area (Å²) in [5.41, 5.74) is 0.235. The molecule has 0 unspecified atom stereocenters. The molecule has 1 aliphatic heterocycles. The minimum atomic E-state index is -4.25. The molecule has 0 radical (unpaired) electrons. The van der Waals surface area contributed by atoms with E-state index in [1.807, 2.05) is 0 Å². The lowest BCUT2D eigenvalue weighted by atomic mass is 9.91. The molecule has 0 amide bonds. The van der Waals surface area contributed by atoms with Gasteiger partial charge in [0.1, 0.15) is 0 Å². The molecule has 0 aromatic heterocycles. The molecule has 1 heterocycles. The summed E-state index contributed by atoms with van der Waals surface area (Å²) in [6.45, 7) is 3.81. The lowest BCUT2D eigenvalue weighted by molar-refractivity contribution is -0.137. The second-order valence-electron chi connectivity index (χ2n) is 6.04. The number of methoxy groups -OCH3 is 1. The maximum absolute atomic E-state index is 12.7. The molecule has 124 valence electrons. The summed E-state index contributed by atoms with van der Waals surface area (Å²) in [4.78, 5) is 2.39. The van der Waals surface area contributed by atoms with Crippen molar-refractivity contribution < 1.29 is 17.9 Å². The van der Waals surface area contributed by atoms with Gasteiger partial charge in [0.2, 0.25) is 0 Å². The van der Waals surface area contributed by atoms with Gasteiger partial charge < -0.3 is 9.64 Å². The zero-order chi connectivity index (χ0) is 16.0. The van der Waals surface area contributed by atoms with Crippen molar-refractivity contribution in [2.24, 2.45) is 5.92 Å². The van der Waals surface area contributed by atoms with Crippen LogP contribution < -0.4 is 0 Å². The first-order valence-corrected chi connectivity index (χ1v) is 7.86. The Morgan fingerprint density at radius 2 is 2.14 bits per heavy atom. The predicted molar refractivity (Wildman–Crippen MR) is 80.8 cm³/mol. The summed E-state index contributed by atoms with van der Waals surface area (Å²) >= 11 is 0. The van der Waals surface area contributed by atoms with Gasteiger partial charge in [0.15, 0.2) is 0 Å². The van der Waals surface area contributed by atoms with Crippen LogP contribution in [-0.2, 0) is 17.3 Å². The normalized spacial score (nSPS) is 20.3. The Morgan fingerprint density at radius 1 is 1.32 bits per heavy atom. The van der Waals surface area contributed by atoms with Crippen molar-refractivity contribution in [3.8, 4) is 0 Å². The molecule has 2 nitrogen and oxygen atoms in total. The number of hydrogen-bond acceptors (Lipinski definition) is 2. The summed E-state index contributed by atoms with van der Waals surface area (Å²) < 4.78 is 43.2. The summed E-state index contributed by atoms with van der Waals surface area (Å²) in [6.07, 6.45) is -0.255. The third-order valence-electron chi connectivity index (χ3n) is 4.31. The number of alkyl halides is 3. The first-order chi connectivity index (χ1) is 10.5. The number of ether oxygens (including phenoxy) is 1. The van der Waals surface area contributed by atoms with Crippen molar-refractivity contribution in [2.75, 3.05) is 33.4 Å². The van der Waals surface area contributed by atoms with Crippen LogP contribution in [-0.4, -0.2) is 38.3 Å². The summed E-state index contributed by atoms with van der Waals surface area (Å²) in [5.74, 6) is 0.570. The van der Waals surface area contributed by atoms with E-state index >= 15 is 0 Å². The molecule has 0 N–H and O–H groups in total. The highest BCUT2D eigenvalue weighted by Gasteiger charge is 2.30. The van der Waals surface area contributed by atoms with Crippen molar-refractivity contribution in [2.45, 2.75) is 31.9 Å². The summed E-state index contributed by atoms with van der Waals surface area (Å²) in [6, 6.07) is 5.72. The lowest BCUT2D eigenvalue weighted by Gasteiger charge is -2.32. The van der Waals surface area contributed by atoms with Gasteiger partial charge in [-0.1, -0.05) is 18.2 Å². The van der Waals surface area contributed by atoms with E-state index in [-0.39, 0.29) is 0 Å². The van der Waals surface area contributed by atoms with Crippen LogP contribution in [0.25, 0.3) is 0 Å². The highest BCUT2D eigenvalue weighted by atomic mass is 19.4. The standard InChI is InChI=1S/C17H24F3NO/c1-22-11-10-21-9-3-5-15(13-21)8-7-14-4-2-6-16(12-14)17(18,19)20/h2,4,6,12,15H,3,5,7-11,13H2,1H3/t15-/m1/s1. The molecule has 1 aliphatic rings. The molecule has 1 aromatic carbocycles. The van der Waals surface area contributed by atoms with Gasteiger partial charge in [-0.15, -0.1) is 0 Å². The van der Waals surface area contributed by atoms with Gasteiger partial charge in [-0.05, 0) is 49.8 Å². The van der Waals surface area contributed by atoms with Gasteiger partial charge in [-0.3, -0.25) is 0 Å². The number of halogens is 3. The number of nitrogens with zero attached hydrogens (tertiary/aromatic N) is 1. The predicted octanol–water partition coefficient (Wildman–Crippen LogP) is 4.00. The maximum atomic E-state index is 12.7.